The Balaban J connectivity index is 2.13. The van der Waals surface area contributed by atoms with E-state index in [0.717, 1.165) is 11.4 Å². The molecule has 0 fully saturated rings. The molecule has 3 nitrogen and oxygen atoms in total. The molecule has 1 N–H and O–H groups in total. The van der Waals surface area contributed by atoms with Crippen LogP contribution in [0.2, 0.25) is 0 Å². The van der Waals surface area contributed by atoms with Gasteiger partial charge in [-0.2, -0.15) is 5.10 Å². The molecular weight excluding hydrogens is 258 g/mol. The highest BCUT2D eigenvalue weighted by Crippen LogP contribution is 2.29. The molecule has 21 heavy (non-hydrogen) atoms. The van der Waals surface area contributed by atoms with Crippen LogP contribution in [0.5, 0.6) is 0 Å². The second kappa shape index (κ2) is 5.94. The zero-order valence-corrected chi connectivity index (χ0v) is 12.3. The van der Waals surface area contributed by atoms with Gasteiger partial charge in [-0.15, -0.1) is 0 Å². The Morgan fingerprint density at radius 1 is 0.952 bits per heavy atom. The summed E-state index contributed by atoms with van der Waals surface area (Å²) in [5, 5.41) is 7.80. The fourth-order valence-corrected chi connectivity index (χ4v) is 2.55. The lowest BCUT2D eigenvalue weighted by molar-refractivity contribution is 0.653. The predicted molar refractivity (Wildman–Crippen MR) is 86.5 cm³/mol. The van der Waals surface area contributed by atoms with Crippen LogP contribution in [0.3, 0.4) is 0 Å². The van der Waals surface area contributed by atoms with Crippen molar-refractivity contribution >= 4 is 0 Å². The van der Waals surface area contributed by atoms with Crippen molar-refractivity contribution in [1.29, 1.82) is 0 Å². The number of nitrogens with zero attached hydrogens (tertiary/aromatic N) is 2. The van der Waals surface area contributed by atoms with E-state index in [0.29, 0.717) is 6.04 Å². The Hall–Kier alpha value is -2.39. The van der Waals surface area contributed by atoms with E-state index in [1.165, 1.54) is 11.1 Å². The Kier molecular flexibility index (Phi) is 3.84. The third-order valence-corrected chi connectivity index (χ3v) is 3.78. The highest BCUT2D eigenvalue weighted by atomic mass is 15.3. The van der Waals surface area contributed by atoms with Crippen molar-refractivity contribution in [3.05, 3.63) is 72.4 Å². The molecule has 3 aromatic rings. The van der Waals surface area contributed by atoms with Gasteiger partial charge in [0.05, 0.1) is 17.6 Å². The van der Waals surface area contributed by atoms with E-state index < -0.39 is 0 Å². The third kappa shape index (κ3) is 2.60. The van der Waals surface area contributed by atoms with Crippen molar-refractivity contribution in [2.75, 3.05) is 7.05 Å². The standard InChI is InChI=1S/C18H19N3/c1-14(19-2)16-10-6-7-11-17(16)18-12-13-20-21(18)15-8-4-3-5-9-15/h3-14,19H,1-2H3. The van der Waals surface area contributed by atoms with Crippen molar-refractivity contribution < 1.29 is 0 Å². The summed E-state index contributed by atoms with van der Waals surface area (Å²) in [4.78, 5) is 0. The molecular formula is C18H19N3. The minimum Gasteiger partial charge on any atom is -0.313 e. The Morgan fingerprint density at radius 3 is 2.43 bits per heavy atom. The molecule has 0 spiro atoms. The average Bonchev–Trinajstić information content (AvgIpc) is 3.04. The summed E-state index contributed by atoms with van der Waals surface area (Å²) >= 11 is 0. The number of rotatable bonds is 4. The minimum absolute atomic E-state index is 0.292. The lowest BCUT2D eigenvalue weighted by Gasteiger charge is -2.16. The highest BCUT2D eigenvalue weighted by molar-refractivity contribution is 5.66. The summed E-state index contributed by atoms with van der Waals surface area (Å²) < 4.78 is 1.99. The van der Waals surface area contributed by atoms with Gasteiger partial charge in [0.15, 0.2) is 0 Å². The van der Waals surface area contributed by atoms with Gasteiger partial charge in [0.25, 0.3) is 0 Å². The maximum absolute atomic E-state index is 4.49. The first-order chi connectivity index (χ1) is 10.3. The van der Waals surface area contributed by atoms with Crippen LogP contribution in [0.25, 0.3) is 16.9 Å². The van der Waals surface area contributed by atoms with Crippen LogP contribution in [-0.4, -0.2) is 16.8 Å². The average molecular weight is 277 g/mol. The van der Waals surface area contributed by atoms with Crippen molar-refractivity contribution in [2.45, 2.75) is 13.0 Å². The summed E-state index contributed by atoms with van der Waals surface area (Å²) in [6.07, 6.45) is 1.85. The molecule has 1 aromatic heterocycles. The molecule has 0 saturated carbocycles. The first kappa shape index (κ1) is 13.6. The van der Waals surface area contributed by atoms with Crippen LogP contribution in [0, 0.1) is 0 Å². The molecule has 1 atom stereocenters. The van der Waals surface area contributed by atoms with E-state index in [9.17, 15) is 0 Å². The molecule has 0 aliphatic carbocycles. The third-order valence-electron chi connectivity index (χ3n) is 3.78. The van der Waals surface area contributed by atoms with Gasteiger partial charge in [-0.25, -0.2) is 4.68 Å². The largest absolute Gasteiger partial charge is 0.313 e. The number of hydrogen-bond acceptors (Lipinski definition) is 2. The summed E-state index contributed by atoms with van der Waals surface area (Å²) in [6, 6.07) is 21.0. The van der Waals surface area contributed by atoms with E-state index in [2.05, 4.69) is 59.8 Å². The van der Waals surface area contributed by atoms with Gasteiger partial charge in [-0.1, -0.05) is 42.5 Å². The molecule has 106 valence electrons. The number of para-hydroxylation sites is 1. The van der Waals surface area contributed by atoms with Gasteiger partial charge in [-0.05, 0) is 37.7 Å². The Bertz CT molecular complexity index is 716. The van der Waals surface area contributed by atoms with E-state index in [-0.39, 0.29) is 0 Å². The molecule has 2 aromatic carbocycles. The van der Waals surface area contributed by atoms with Gasteiger partial charge >= 0.3 is 0 Å². The first-order valence-corrected chi connectivity index (χ1v) is 7.17. The molecule has 0 bridgehead atoms. The second-order valence-electron chi connectivity index (χ2n) is 5.06. The van der Waals surface area contributed by atoms with Crippen LogP contribution in [0.15, 0.2) is 66.9 Å². The fraction of sp³-hybridized carbons (Fsp3) is 0.167. The molecule has 0 saturated heterocycles. The number of benzene rings is 2. The number of hydrogen-bond donors (Lipinski definition) is 1. The van der Waals surface area contributed by atoms with Gasteiger partial charge in [0.2, 0.25) is 0 Å². The molecule has 0 radical (unpaired) electrons. The lowest BCUT2D eigenvalue weighted by atomic mass is 9.99. The van der Waals surface area contributed by atoms with E-state index >= 15 is 0 Å². The summed E-state index contributed by atoms with van der Waals surface area (Å²) in [6.45, 7) is 2.17. The topological polar surface area (TPSA) is 29.9 Å². The maximum atomic E-state index is 4.49. The highest BCUT2D eigenvalue weighted by Gasteiger charge is 2.14. The van der Waals surface area contributed by atoms with Crippen LogP contribution < -0.4 is 5.32 Å². The van der Waals surface area contributed by atoms with E-state index in [1.54, 1.807) is 0 Å². The summed E-state index contributed by atoms with van der Waals surface area (Å²) in [7, 11) is 1.98. The van der Waals surface area contributed by atoms with Gasteiger partial charge in [0.1, 0.15) is 0 Å². The van der Waals surface area contributed by atoms with Gasteiger partial charge in [-0.3, -0.25) is 0 Å². The maximum Gasteiger partial charge on any atom is 0.0744 e. The van der Waals surface area contributed by atoms with Crippen molar-refractivity contribution in [3.63, 3.8) is 0 Å². The molecule has 1 unspecified atom stereocenters. The predicted octanol–water partition coefficient (Wildman–Crippen LogP) is 3.82. The number of nitrogens with one attached hydrogen (secondary N) is 1. The zero-order valence-electron chi connectivity index (χ0n) is 12.3. The summed E-state index contributed by atoms with van der Waals surface area (Å²) in [5.41, 5.74) is 4.67. The van der Waals surface area contributed by atoms with Crippen molar-refractivity contribution in [3.8, 4) is 16.9 Å². The smallest absolute Gasteiger partial charge is 0.0744 e. The molecule has 0 aliphatic rings. The van der Waals surface area contributed by atoms with E-state index in [1.807, 2.05) is 36.1 Å². The SMILES string of the molecule is CNC(C)c1ccccc1-c1ccnn1-c1ccccc1. The fourth-order valence-electron chi connectivity index (χ4n) is 2.55. The lowest BCUT2D eigenvalue weighted by Crippen LogP contribution is -2.13. The van der Waals surface area contributed by atoms with E-state index in [4.69, 9.17) is 0 Å². The van der Waals surface area contributed by atoms with Gasteiger partial charge < -0.3 is 5.32 Å². The molecule has 3 heteroatoms. The minimum atomic E-state index is 0.292. The van der Waals surface area contributed by atoms with Crippen LogP contribution in [0.4, 0.5) is 0 Å². The van der Waals surface area contributed by atoms with Gasteiger partial charge in [0, 0.05) is 11.6 Å². The number of aromatic nitrogens is 2. The molecule has 0 amide bonds. The van der Waals surface area contributed by atoms with Crippen molar-refractivity contribution in [2.24, 2.45) is 0 Å². The van der Waals surface area contributed by atoms with Crippen LogP contribution in [0.1, 0.15) is 18.5 Å². The second-order valence-corrected chi connectivity index (χ2v) is 5.06. The Labute approximate surface area is 125 Å². The Morgan fingerprint density at radius 2 is 1.67 bits per heavy atom. The normalized spacial score (nSPS) is 12.3. The zero-order chi connectivity index (χ0) is 14.7. The summed E-state index contributed by atoms with van der Waals surface area (Å²) in [5.74, 6) is 0. The molecule has 3 rings (SSSR count). The first-order valence-electron chi connectivity index (χ1n) is 7.17. The van der Waals surface area contributed by atoms with Crippen LogP contribution >= 0.6 is 0 Å². The quantitative estimate of drug-likeness (QED) is 0.785. The monoisotopic (exact) mass is 277 g/mol. The molecule has 0 aliphatic heterocycles. The molecule has 1 heterocycles. The van der Waals surface area contributed by atoms with Crippen molar-refractivity contribution in [1.82, 2.24) is 15.1 Å². The van der Waals surface area contributed by atoms with Crippen LogP contribution in [-0.2, 0) is 0 Å².